The third-order valence-corrected chi connectivity index (χ3v) is 3.84. The Balaban J connectivity index is 1.55. The van der Waals surface area contributed by atoms with Crippen LogP contribution in [0.4, 0.5) is 8.78 Å². The van der Waals surface area contributed by atoms with Crippen molar-refractivity contribution in [3.05, 3.63) is 47.5 Å². The SMILES string of the molecule is O=C(Cc1cc(F)ccc1F)NC[C@@H]1CCO[C@@H]1c1ncn[nH]1. The Morgan fingerprint density at radius 3 is 3.09 bits per heavy atom. The number of hydrogen-bond acceptors (Lipinski definition) is 4. The van der Waals surface area contributed by atoms with Crippen LogP contribution in [-0.4, -0.2) is 34.2 Å². The lowest BCUT2D eigenvalue weighted by molar-refractivity contribution is -0.120. The monoisotopic (exact) mass is 322 g/mol. The van der Waals surface area contributed by atoms with E-state index in [1.54, 1.807) is 0 Å². The molecule has 3 rings (SSSR count). The molecule has 1 fully saturated rings. The minimum atomic E-state index is -0.592. The standard InChI is InChI=1S/C15H16F2N4O2/c16-11-1-2-12(17)10(5-11)6-13(22)18-7-9-3-4-23-14(9)15-19-8-20-21-15/h1-2,5,8-9,14H,3-4,6-7H2,(H,18,22)(H,19,20,21)/t9-,14-/m0/s1. The van der Waals surface area contributed by atoms with E-state index in [2.05, 4.69) is 20.5 Å². The summed E-state index contributed by atoms with van der Waals surface area (Å²) in [6.45, 7) is 0.950. The second kappa shape index (κ2) is 6.82. The first kappa shape index (κ1) is 15.5. The smallest absolute Gasteiger partial charge is 0.224 e. The topological polar surface area (TPSA) is 79.9 Å². The number of carbonyl (C=O) groups excluding carboxylic acids is 1. The van der Waals surface area contributed by atoms with E-state index >= 15 is 0 Å². The van der Waals surface area contributed by atoms with E-state index in [9.17, 15) is 13.6 Å². The van der Waals surface area contributed by atoms with Crippen LogP contribution < -0.4 is 5.32 Å². The molecule has 2 atom stereocenters. The van der Waals surface area contributed by atoms with Gasteiger partial charge < -0.3 is 10.1 Å². The predicted octanol–water partition coefficient (Wildman–Crippen LogP) is 1.52. The molecule has 0 saturated carbocycles. The van der Waals surface area contributed by atoms with E-state index in [0.717, 1.165) is 24.6 Å². The van der Waals surface area contributed by atoms with Crippen LogP contribution in [0.5, 0.6) is 0 Å². The summed E-state index contributed by atoms with van der Waals surface area (Å²) in [5.74, 6) is -0.839. The Kier molecular flexibility index (Phi) is 4.61. The first-order valence-electron chi connectivity index (χ1n) is 7.31. The summed E-state index contributed by atoms with van der Waals surface area (Å²) in [5, 5.41) is 9.29. The van der Waals surface area contributed by atoms with Crippen LogP contribution in [0.25, 0.3) is 0 Å². The molecule has 8 heteroatoms. The van der Waals surface area contributed by atoms with Crippen LogP contribution in [-0.2, 0) is 16.0 Å². The third-order valence-electron chi connectivity index (χ3n) is 3.84. The van der Waals surface area contributed by atoms with Crippen molar-refractivity contribution in [1.29, 1.82) is 0 Å². The van der Waals surface area contributed by atoms with Gasteiger partial charge in [-0.25, -0.2) is 13.8 Å². The fourth-order valence-corrected chi connectivity index (χ4v) is 2.66. The molecule has 1 aliphatic rings. The average molecular weight is 322 g/mol. The highest BCUT2D eigenvalue weighted by atomic mass is 19.1. The maximum absolute atomic E-state index is 13.5. The van der Waals surface area contributed by atoms with E-state index in [1.165, 1.54) is 6.33 Å². The molecule has 1 aromatic carbocycles. The van der Waals surface area contributed by atoms with Crippen LogP contribution in [0.2, 0.25) is 0 Å². The number of nitrogens with one attached hydrogen (secondary N) is 2. The minimum absolute atomic E-state index is 0.0388. The Labute approximate surface area is 131 Å². The lowest BCUT2D eigenvalue weighted by atomic mass is 10.0. The largest absolute Gasteiger partial charge is 0.370 e. The van der Waals surface area contributed by atoms with Gasteiger partial charge in [0.1, 0.15) is 24.1 Å². The van der Waals surface area contributed by atoms with Crippen LogP contribution >= 0.6 is 0 Å². The van der Waals surface area contributed by atoms with Crippen LogP contribution in [0.15, 0.2) is 24.5 Å². The van der Waals surface area contributed by atoms with Gasteiger partial charge in [-0.1, -0.05) is 0 Å². The van der Waals surface area contributed by atoms with Crippen molar-refractivity contribution in [2.24, 2.45) is 5.92 Å². The van der Waals surface area contributed by atoms with Gasteiger partial charge in [0.05, 0.1) is 6.42 Å². The summed E-state index contributed by atoms with van der Waals surface area (Å²) < 4.78 is 32.2. The van der Waals surface area contributed by atoms with E-state index in [-0.39, 0.29) is 29.9 Å². The zero-order chi connectivity index (χ0) is 16.2. The maximum Gasteiger partial charge on any atom is 0.224 e. The molecule has 0 spiro atoms. The molecule has 2 aromatic rings. The molecule has 0 aliphatic carbocycles. The fourth-order valence-electron chi connectivity index (χ4n) is 2.66. The van der Waals surface area contributed by atoms with Crippen molar-refractivity contribution in [3.63, 3.8) is 0 Å². The van der Waals surface area contributed by atoms with Gasteiger partial charge in [0.2, 0.25) is 5.91 Å². The van der Waals surface area contributed by atoms with Crippen molar-refractivity contribution < 1.29 is 18.3 Å². The summed E-state index contributed by atoms with van der Waals surface area (Å²) in [6.07, 6.45) is 1.73. The number of hydrogen-bond donors (Lipinski definition) is 2. The summed E-state index contributed by atoms with van der Waals surface area (Å²) >= 11 is 0. The van der Waals surface area contributed by atoms with Gasteiger partial charge >= 0.3 is 0 Å². The Bertz CT molecular complexity index is 678. The second-order valence-corrected chi connectivity index (χ2v) is 5.43. The van der Waals surface area contributed by atoms with Gasteiger partial charge in [0.15, 0.2) is 5.82 Å². The molecule has 23 heavy (non-hydrogen) atoms. The zero-order valence-corrected chi connectivity index (χ0v) is 12.3. The van der Waals surface area contributed by atoms with E-state index in [1.807, 2.05) is 0 Å². The number of nitrogens with zero attached hydrogens (tertiary/aromatic N) is 2. The normalized spacial score (nSPS) is 20.6. The second-order valence-electron chi connectivity index (χ2n) is 5.43. The predicted molar refractivity (Wildman–Crippen MR) is 76.3 cm³/mol. The lowest BCUT2D eigenvalue weighted by Crippen LogP contribution is -2.32. The van der Waals surface area contributed by atoms with Gasteiger partial charge in [0, 0.05) is 24.6 Å². The van der Waals surface area contributed by atoms with E-state index < -0.39 is 11.6 Å². The number of aromatic amines is 1. The molecule has 122 valence electrons. The van der Waals surface area contributed by atoms with Gasteiger partial charge in [-0.05, 0) is 24.6 Å². The highest BCUT2D eigenvalue weighted by Crippen LogP contribution is 2.31. The number of aromatic nitrogens is 3. The van der Waals surface area contributed by atoms with Gasteiger partial charge in [0.25, 0.3) is 0 Å². The first-order valence-corrected chi connectivity index (χ1v) is 7.31. The first-order chi connectivity index (χ1) is 11.1. The third kappa shape index (κ3) is 3.70. The van der Waals surface area contributed by atoms with Crippen molar-refractivity contribution in [2.45, 2.75) is 18.9 Å². The van der Waals surface area contributed by atoms with E-state index in [0.29, 0.717) is 19.0 Å². The van der Waals surface area contributed by atoms with Gasteiger partial charge in [-0.2, -0.15) is 5.10 Å². The van der Waals surface area contributed by atoms with Crippen molar-refractivity contribution in [3.8, 4) is 0 Å². The molecular formula is C15H16F2N4O2. The summed E-state index contributed by atoms with van der Waals surface area (Å²) in [5.41, 5.74) is 0.0388. The lowest BCUT2D eigenvalue weighted by Gasteiger charge is -2.16. The molecule has 1 aromatic heterocycles. The van der Waals surface area contributed by atoms with E-state index in [4.69, 9.17) is 4.74 Å². The number of benzene rings is 1. The number of H-pyrrole nitrogens is 1. The molecule has 2 heterocycles. The average Bonchev–Trinajstić information content (AvgIpc) is 3.19. The minimum Gasteiger partial charge on any atom is -0.370 e. The number of amides is 1. The van der Waals surface area contributed by atoms with Crippen molar-refractivity contribution >= 4 is 5.91 Å². The Hall–Kier alpha value is -2.35. The molecule has 1 aliphatic heterocycles. The molecule has 0 bridgehead atoms. The Morgan fingerprint density at radius 1 is 1.43 bits per heavy atom. The highest BCUT2D eigenvalue weighted by molar-refractivity contribution is 5.78. The number of ether oxygens (including phenoxy) is 1. The van der Waals surface area contributed by atoms with Gasteiger partial charge in [-0.15, -0.1) is 0 Å². The summed E-state index contributed by atoms with van der Waals surface area (Å²) in [4.78, 5) is 16.0. The molecular weight excluding hydrogens is 306 g/mol. The molecule has 2 N–H and O–H groups in total. The maximum atomic E-state index is 13.5. The van der Waals surface area contributed by atoms with Crippen LogP contribution in [0, 0.1) is 17.6 Å². The van der Waals surface area contributed by atoms with Crippen LogP contribution in [0.1, 0.15) is 23.9 Å². The number of carbonyl (C=O) groups is 1. The molecule has 1 saturated heterocycles. The summed E-state index contributed by atoms with van der Waals surface area (Å²) in [7, 11) is 0. The van der Waals surface area contributed by atoms with Gasteiger partial charge in [-0.3, -0.25) is 9.89 Å². The van der Waals surface area contributed by atoms with Crippen molar-refractivity contribution in [2.75, 3.05) is 13.2 Å². The zero-order valence-electron chi connectivity index (χ0n) is 12.3. The van der Waals surface area contributed by atoms with Crippen LogP contribution in [0.3, 0.4) is 0 Å². The molecule has 1 amide bonds. The number of halogens is 2. The van der Waals surface area contributed by atoms with Crippen molar-refractivity contribution in [1.82, 2.24) is 20.5 Å². The fraction of sp³-hybridized carbons (Fsp3) is 0.400. The Morgan fingerprint density at radius 2 is 2.30 bits per heavy atom. The quantitative estimate of drug-likeness (QED) is 0.875. The molecule has 0 unspecified atom stereocenters. The number of rotatable bonds is 5. The molecule has 0 radical (unpaired) electrons. The molecule has 6 nitrogen and oxygen atoms in total. The highest BCUT2D eigenvalue weighted by Gasteiger charge is 2.32. The summed E-state index contributed by atoms with van der Waals surface area (Å²) in [6, 6.07) is 3.07.